The van der Waals surface area contributed by atoms with E-state index in [0.29, 0.717) is 11.3 Å². The van der Waals surface area contributed by atoms with Gasteiger partial charge in [-0.05, 0) is 62.0 Å². The van der Waals surface area contributed by atoms with E-state index in [4.69, 9.17) is 33.7 Å². The number of aromatic carboxylic acids is 1. The number of ether oxygens (including phenoxy) is 1. The Balaban J connectivity index is 2.06. The summed E-state index contributed by atoms with van der Waals surface area (Å²) in [7, 11) is 0. The maximum Gasteiger partial charge on any atom is 0.335 e. The molecule has 0 saturated carbocycles. The minimum Gasteiger partial charge on any atom is -0.491 e. The summed E-state index contributed by atoms with van der Waals surface area (Å²) in [5.74, 6) is -0.927. The Kier molecular flexibility index (Phi) is 7.15. The molecule has 0 unspecified atom stereocenters. The molecule has 0 saturated heterocycles. The zero-order chi connectivity index (χ0) is 20.0. The second-order valence-corrected chi connectivity index (χ2v) is 6.59. The average Bonchev–Trinajstić information content (AvgIpc) is 2.63. The molecule has 142 valence electrons. The normalized spacial score (nSPS) is 11.4. The maximum absolute atomic E-state index is 12.4. The van der Waals surface area contributed by atoms with E-state index in [1.165, 1.54) is 18.2 Å². The molecule has 2 aromatic carbocycles. The number of amides is 1. The first-order chi connectivity index (χ1) is 12.8. The van der Waals surface area contributed by atoms with Gasteiger partial charge in [-0.3, -0.25) is 10.1 Å². The molecule has 8 heteroatoms. The number of carbonyl (C=O) groups is 2. The lowest BCUT2D eigenvalue weighted by Gasteiger charge is -2.14. The lowest BCUT2D eigenvalue weighted by Crippen LogP contribution is -2.34. The third-order valence-corrected chi connectivity index (χ3v) is 4.23. The summed E-state index contributed by atoms with van der Waals surface area (Å²) in [6.07, 6.45) is 0.885. The first-order valence-corrected chi connectivity index (χ1v) is 9.00. The number of hydrogen-bond donors (Lipinski definition) is 3. The van der Waals surface area contributed by atoms with E-state index in [2.05, 4.69) is 10.6 Å². The second-order valence-electron chi connectivity index (χ2n) is 5.77. The molecule has 0 aliphatic rings. The highest BCUT2D eigenvalue weighted by molar-refractivity contribution is 7.80. The SMILES string of the molecule is CC[C@H](C)Oc1cccc(C(=O)NC(=S)Nc2cc(C(=O)O)ccc2Cl)c1. The van der Waals surface area contributed by atoms with Crippen LogP contribution in [0.25, 0.3) is 0 Å². The molecule has 0 bridgehead atoms. The van der Waals surface area contributed by atoms with Gasteiger partial charge in [0.15, 0.2) is 5.11 Å². The van der Waals surface area contributed by atoms with Crippen molar-refractivity contribution >= 4 is 46.5 Å². The number of carboxylic acids is 1. The molecular formula is C19H19ClN2O4S. The van der Waals surface area contributed by atoms with Crippen molar-refractivity contribution in [3.63, 3.8) is 0 Å². The smallest absolute Gasteiger partial charge is 0.335 e. The first kappa shape index (κ1) is 20.7. The summed E-state index contributed by atoms with van der Waals surface area (Å²) in [4.78, 5) is 23.4. The molecule has 2 rings (SSSR count). The van der Waals surface area contributed by atoms with Crippen LogP contribution in [-0.4, -0.2) is 28.2 Å². The highest BCUT2D eigenvalue weighted by atomic mass is 35.5. The van der Waals surface area contributed by atoms with Gasteiger partial charge in [0.1, 0.15) is 5.75 Å². The molecule has 27 heavy (non-hydrogen) atoms. The van der Waals surface area contributed by atoms with Crippen molar-refractivity contribution < 1.29 is 19.4 Å². The summed E-state index contributed by atoms with van der Waals surface area (Å²) in [6.45, 7) is 3.95. The summed E-state index contributed by atoms with van der Waals surface area (Å²) in [5, 5.41) is 14.6. The van der Waals surface area contributed by atoms with E-state index in [0.717, 1.165) is 6.42 Å². The molecule has 0 heterocycles. The Labute approximate surface area is 167 Å². The fourth-order valence-electron chi connectivity index (χ4n) is 2.11. The van der Waals surface area contributed by atoms with Crippen LogP contribution in [0.3, 0.4) is 0 Å². The number of nitrogens with one attached hydrogen (secondary N) is 2. The van der Waals surface area contributed by atoms with Crippen LogP contribution in [-0.2, 0) is 0 Å². The minimum atomic E-state index is -1.09. The van der Waals surface area contributed by atoms with Crippen molar-refractivity contribution in [1.29, 1.82) is 0 Å². The highest BCUT2D eigenvalue weighted by Crippen LogP contribution is 2.23. The van der Waals surface area contributed by atoms with Crippen LogP contribution in [0.15, 0.2) is 42.5 Å². The van der Waals surface area contributed by atoms with Crippen molar-refractivity contribution in [2.24, 2.45) is 0 Å². The molecule has 1 atom stereocenters. The van der Waals surface area contributed by atoms with Crippen LogP contribution in [0.5, 0.6) is 5.75 Å². The molecule has 0 aliphatic heterocycles. The molecule has 0 fully saturated rings. The molecule has 1 amide bonds. The minimum absolute atomic E-state index is 0.00214. The lowest BCUT2D eigenvalue weighted by atomic mass is 10.2. The van der Waals surface area contributed by atoms with E-state index >= 15 is 0 Å². The highest BCUT2D eigenvalue weighted by Gasteiger charge is 2.12. The fourth-order valence-corrected chi connectivity index (χ4v) is 2.48. The van der Waals surface area contributed by atoms with E-state index in [-0.39, 0.29) is 27.5 Å². The Morgan fingerprint density at radius 3 is 2.63 bits per heavy atom. The molecule has 0 aromatic heterocycles. The predicted octanol–water partition coefficient (Wildman–Crippen LogP) is 4.34. The van der Waals surface area contributed by atoms with Crippen molar-refractivity contribution in [1.82, 2.24) is 5.32 Å². The monoisotopic (exact) mass is 406 g/mol. The quantitative estimate of drug-likeness (QED) is 0.618. The Morgan fingerprint density at radius 1 is 1.22 bits per heavy atom. The molecule has 0 spiro atoms. The number of hydrogen-bond acceptors (Lipinski definition) is 4. The van der Waals surface area contributed by atoms with E-state index in [9.17, 15) is 9.59 Å². The molecule has 2 aromatic rings. The van der Waals surface area contributed by atoms with Gasteiger partial charge in [0.2, 0.25) is 0 Å². The average molecular weight is 407 g/mol. The number of rotatable bonds is 6. The van der Waals surface area contributed by atoms with Crippen molar-refractivity contribution in [3.05, 3.63) is 58.6 Å². The van der Waals surface area contributed by atoms with Gasteiger partial charge in [-0.2, -0.15) is 0 Å². The van der Waals surface area contributed by atoms with E-state index in [1.807, 2.05) is 13.8 Å². The second kappa shape index (κ2) is 9.34. The van der Waals surface area contributed by atoms with Crippen molar-refractivity contribution in [2.45, 2.75) is 26.4 Å². The van der Waals surface area contributed by atoms with Crippen molar-refractivity contribution in [2.75, 3.05) is 5.32 Å². The Hall–Kier alpha value is -2.64. The number of carbonyl (C=O) groups excluding carboxylic acids is 1. The van der Waals surface area contributed by atoms with Gasteiger partial charge in [0, 0.05) is 5.56 Å². The Morgan fingerprint density at radius 2 is 1.96 bits per heavy atom. The van der Waals surface area contributed by atoms with Crippen LogP contribution in [0.2, 0.25) is 5.02 Å². The van der Waals surface area contributed by atoms with E-state index < -0.39 is 11.9 Å². The third-order valence-electron chi connectivity index (χ3n) is 3.70. The number of benzene rings is 2. The first-order valence-electron chi connectivity index (χ1n) is 8.22. The lowest BCUT2D eigenvalue weighted by molar-refractivity contribution is 0.0696. The van der Waals surface area contributed by atoms with E-state index in [1.54, 1.807) is 24.3 Å². The molecule has 3 N–H and O–H groups in total. The molecule has 0 aliphatic carbocycles. The number of halogens is 1. The summed E-state index contributed by atoms with van der Waals surface area (Å²) in [6, 6.07) is 10.9. The summed E-state index contributed by atoms with van der Waals surface area (Å²) in [5.41, 5.74) is 0.715. The predicted molar refractivity (Wildman–Crippen MR) is 109 cm³/mol. The molecule has 0 radical (unpaired) electrons. The number of carboxylic acid groups (broad SMARTS) is 1. The molecular weight excluding hydrogens is 388 g/mol. The van der Waals surface area contributed by atoms with Crippen LogP contribution < -0.4 is 15.4 Å². The van der Waals surface area contributed by atoms with Gasteiger partial charge in [-0.25, -0.2) is 4.79 Å². The van der Waals surface area contributed by atoms with Gasteiger partial charge in [0.05, 0.1) is 22.4 Å². The van der Waals surface area contributed by atoms with Crippen LogP contribution in [0.4, 0.5) is 5.69 Å². The standard InChI is InChI=1S/C19H19ClN2O4S/c1-3-11(2)26-14-6-4-5-12(9-14)17(23)22-19(27)21-16-10-13(18(24)25)7-8-15(16)20/h4-11H,3H2,1-2H3,(H,24,25)(H2,21,22,23,27)/t11-/m0/s1. The Bertz CT molecular complexity index is 873. The van der Waals surface area contributed by atoms with Gasteiger partial charge in [0.25, 0.3) is 5.91 Å². The number of anilines is 1. The van der Waals surface area contributed by atoms with Crippen LogP contribution in [0.1, 0.15) is 41.0 Å². The summed E-state index contributed by atoms with van der Waals surface area (Å²) >= 11 is 11.2. The topological polar surface area (TPSA) is 87.7 Å². The number of thiocarbonyl (C=S) groups is 1. The summed E-state index contributed by atoms with van der Waals surface area (Å²) < 4.78 is 5.70. The van der Waals surface area contributed by atoms with Crippen LogP contribution >= 0.6 is 23.8 Å². The van der Waals surface area contributed by atoms with Crippen molar-refractivity contribution in [3.8, 4) is 5.75 Å². The zero-order valence-corrected chi connectivity index (χ0v) is 16.4. The maximum atomic E-state index is 12.4. The van der Waals surface area contributed by atoms with Gasteiger partial charge >= 0.3 is 5.97 Å². The largest absolute Gasteiger partial charge is 0.491 e. The van der Waals surface area contributed by atoms with Crippen LogP contribution in [0, 0.1) is 0 Å². The van der Waals surface area contributed by atoms with Gasteiger partial charge in [-0.1, -0.05) is 24.6 Å². The third kappa shape index (κ3) is 5.94. The zero-order valence-electron chi connectivity index (χ0n) is 14.8. The fraction of sp³-hybridized carbons (Fsp3) is 0.211. The molecule has 6 nitrogen and oxygen atoms in total. The van der Waals surface area contributed by atoms with Gasteiger partial charge in [-0.15, -0.1) is 0 Å². The van der Waals surface area contributed by atoms with Gasteiger partial charge < -0.3 is 15.2 Å².